The van der Waals surface area contributed by atoms with E-state index in [1.54, 1.807) is 0 Å². The summed E-state index contributed by atoms with van der Waals surface area (Å²) in [6, 6.07) is 0.788. The van der Waals surface area contributed by atoms with E-state index in [-0.39, 0.29) is 18.6 Å². The van der Waals surface area contributed by atoms with Gasteiger partial charge < -0.3 is 42.6 Å². The lowest BCUT2D eigenvalue weighted by Crippen LogP contribution is -2.58. The van der Waals surface area contributed by atoms with Crippen molar-refractivity contribution >= 4 is 41.4 Å². The number of aliphatic carboxylic acids is 1. The lowest BCUT2D eigenvalue weighted by Gasteiger charge is -2.24. The number of aromatic nitrogens is 2. The molecule has 0 aliphatic carbocycles. The summed E-state index contributed by atoms with van der Waals surface area (Å²) in [5.41, 5.74) is 12.1. The van der Waals surface area contributed by atoms with Gasteiger partial charge >= 0.3 is 5.97 Å². The first-order valence-electron chi connectivity index (χ1n) is 11.9. The Bertz CT molecular complexity index is 1130. The molecule has 0 spiro atoms. The number of carboxylic acid groups (broad SMARTS) is 1. The summed E-state index contributed by atoms with van der Waals surface area (Å²) in [5.74, 6) is -3.97. The fraction of sp³-hybridized carbons (Fsp3) is 0.417. The fourth-order valence-corrected chi connectivity index (χ4v) is 3.99. The third-order valence-corrected chi connectivity index (χ3v) is 6.25. The van der Waals surface area contributed by atoms with Crippen LogP contribution in [-0.4, -0.2) is 86.0 Å². The number of thioether (sulfide) groups is 1. The van der Waals surface area contributed by atoms with Gasteiger partial charge in [0.1, 0.15) is 23.9 Å². The smallest absolute Gasteiger partial charge is 0.326 e. The zero-order valence-corrected chi connectivity index (χ0v) is 22.1. The van der Waals surface area contributed by atoms with E-state index in [1.807, 2.05) is 6.26 Å². The summed E-state index contributed by atoms with van der Waals surface area (Å²) in [7, 11) is 0. The van der Waals surface area contributed by atoms with Crippen molar-refractivity contribution in [1.82, 2.24) is 25.9 Å². The Morgan fingerprint density at radius 2 is 1.59 bits per heavy atom. The standard InChI is InChI=1S/C24H33N7O7S/c1-39-7-6-16(25)21(34)29-18(10-20(26)33)23(36)30-17(9-14-11-27-12-28-14)22(35)31-19(24(37)38)8-13-2-4-15(32)5-3-13/h2-5,11-12,16-19,32H,6-10,25H2,1H3,(H2,26,33)(H,27,28)(H,29,34)(H,30,36)(H,31,35)(H,37,38). The molecule has 0 aliphatic rings. The Kier molecular flexibility index (Phi) is 12.2. The number of phenols is 1. The van der Waals surface area contributed by atoms with Gasteiger partial charge in [0.15, 0.2) is 0 Å². The second-order valence-corrected chi connectivity index (χ2v) is 9.72. The minimum atomic E-state index is -1.42. The molecule has 0 bridgehead atoms. The molecular formula is C24H33N7O7S. The molecule has 0 fully saturated rings. The summed E-state index contributed by atoms with van der Waals surface area (Å²) < 4.78 is 0. The number of primary amides is 1. The summed E-state index contributed by atoms with van der Waals surface area (Å²) in [6.45, 7) is 0. The lowest BCUT2D eigenvalue weighted by molar-refractivity contribution is -0.142. The van der Waals surface area contributed by atoms with Crippen LogP contribution in [0.25, 0.3) is 0 Å². The van der Waals surface area contributed by atoms with Crippen LogP contribution in [0, 0.1) is 0 Å². The van der Waals surface area contributed by atoms with Gasteiger partial charge in [-0.1, -0.05) is 12.1 Å². The van der Waals surface area contributed by atoms with Crippen LogP contribution in [-0.2, 0) is 36.8 Å². The van der Waals surface area contributed by atoms with Crippen LogP contribution in [0.5, 0.6) is 5.75 Å². The number of aromatic amines is 1. The average Bonchev–Trinajstić information content (AvgIpc) is 3.40. The van der Waals surface area contributed by atoms with Crippen LogP contribution < -0.4 is 27.4 Å². The van der Waals surface area contributed by atoms with E-state index < -0.39 is 60.2 Å². The van der Waals surface area contributed by atoms with Gasteiger partial charge in [0.05, 0.1) is 18.8 Å². The fourth-order valence-electron chi connectivity index (χ4n) is 3.50. The van der Waals surface area contributed by atoms with Crippen molar-refractivity contribution in [2.24, 2.45) is 11.5 Å². The first-order chi connectivity index (χ1) is 18.5. The van der Waals surface area contributed by atoms with E-state index in [4.69, 9.17) is 11.5 Å². The minimum absolute atomic E-state index is 0.000177. The number of carbonyl (C=O) groups excluding carboxylic acids is 4. The van der Waals surface area contributed by atoms with E-state index in [9.17, 15) is 34.2 Å². The molecule has 0 aliphatic heterocycles. The monoisotopic (exact) mass is 563 g/mol. The highest BCUT2D eigenvalue weighted by molar-refractivity contribution is 7.98. The van der Waals surface area contributed by atoms with Crippen molar-refractivity contribution in [3.05, 3.63) is 48.0 Å². The van der Waals surface area contributed by atoms with Crippen LogP contribution in [0.3, 0.4) is 0 Å². The van der Waals surface area contributed by atoms with E-state index in [0.717, 1.165) is 0 Å². The Labute approximate surface area is 228 Å². The van der Waals surface area contributed by atoms with Gasteiger partial charge in [-0.05, 0) is 36.1 Å². The quantitative estimate of drug-likeness (QED) is 0.116. The number of rotatable bonds is 16. The summed E-state index contributed by atoms with van der Waals surface area (Å²) in [6.07, 6.45) is 4.21. The maximum absolute atomic E-state index is 13.2. The number of benzene rings is 1. The van der Waals surface area contributed by atoms with Gasteiger partial charge in [-0.25, -0.2) is 9.78 Å². The van der Waals surface area contributed by atoms with E-state index in [0.29, 0.717) is 23.4 Å². The molecule has 212 valence electrons. The summed E-state index contributed by atoms with van der Waals surface area (Å²) in [5, 5.41) is 26.4. The number of hydrogen-bond acceptors (Lipinski definition) is 9. The molecule has 39 heavy (non-hydrogen) atoms. The number of carbonyl (C=O) groups is 5. The molecule has 4 unspecified atom stereocenters. The molecular weight excluding hydrogens is 530 g/mol. The van der Waals surface area contributed by atoms with Crippen LogP contribution in [0.4, 0.5) is 0 Å². The second-order valence-electron chi connectivity index (χ2n) is 8.73. The van der Waals surface area contributed by atoms with Gasteiger partial charge in [0.2, 0.25) is 23.6 Å². The number of amides is 4. The molecule has 1 aromatic carbocycles. The number of nitrogens with two attached hydrogens (primary N) is 2. The molecule has 1 heterocycles. The molecule has 1 aromatic heterocycles. The predicted molar refractivity (Wildman–Crippen MR) is 142 cm³/mol. The SMILES string of the molecule is CSCCC(N)C(=O)NC(CC(N)=O)C(=O)NC(Cc1cnc[nH]1)C(=O)NC(Cc1ccc(O)cc1)C(=O)O. The molecule has 4 atom stereocenters. The third kappa shape index (κ3) is 10.6. The van der Waals surface area contributed by atoms with Crippen molar-refractivity contribution in [2.75, 3.05) is 12.0 Å². The van der Waals surface area contributed by atoms with Crippen LogP contribution in [0.1, 0.15) is 24.1 Å². The summed E-state index contributed by atoms with van der Waals surface area (Å²) >= 11 is 1.49. The van der Waals surface area contributed by atoms with Gasteiger partial charge in [0.25, 0.3) is 0 Å². The molecule has 2 aromatic rings. The Morgan fingerprint density at radius 3 is 2.15 bits per heavy atom. The third-order valence-electron chi connectivity index (χ3n) is 5.61. The van der Waals surface area contributed by atoms with Crippen molar-refractivity contribution in [2.45, 2.75) is 49.9 Å². The molecule has 2 rings (SSSR count). The molecule has 4 amide bonds. The van der Waals surface area contributed by atoms with E-state index >= 15 is 0 Å². The topological polar surface area (TPSA) is 243 Å². The van der Waals surface area contributed by atoms with Crippen LogP contribution >= 0.6 is 11.8 Å². The minimum Gasteiger partial charge on any atom is -0.508 e. The number of phenolic OH excluding ortho intramolecular Hbond substituents is 1. The van der Waals surface area contributed by atoms with Crippen molar-refractivity contribution < 1.29 is 34.2 Å². The zero-order chi connectivity index (χ0) is 28.9. The molecule has 0 radical (unpaired) electrons. The second kappa shape index (κ2) is 15.3. The maximum atomic E-state index is 13.2. The van der Waals surface area contributed by atoms with Crippen molar-refractivity contribution in [3.63, 3.8) is 0 Å². The largest absolute Gasteiger partial charge is 0.508 e. The number of hydrogen-bond donors (Lipinski definition) is 8. The predicted octanol–water partition coefficient (Wildman–Crippen LogP) is -1.60. The first-order valence-corrected chi connectivity index (χ1v) is 13.3. The van der Waals surface area contributed by atoms with Gasteiger partial charge in [-0.2, -0.15) is 11.8 Å². The van der Waals surface area contributed by atoms with Crippen molar-refractivity contribution in [3.8, 4) is 5.75 Å². The van der Waals surface area contributed by atoms with Gasteiger partial charge in [-0.3, -0.25) is 19.2 Å². The molecule has 0 saturated heterocycles. The van der Waals surface area contributed by atoms with Crippen LogP contribution in [0.2, 0.25) is 0 Å². The Balaban J connectivity index is 2.20. The Morgan fingerprint density at radius 1 is 0.974 bits per heavy atom. The molecule has 0 saturated carbocycles. The normalized spacial score (nSPS) is 13.9. The number of imidazole rings is 1. The number of H-pyrrole nitrogens is 1. The van der Waals surface area contributed by atoms with Crippen molar-refractivity contribution in [1.29, 1.82) is 0 Å². The Hall–Kier alpha value is -4.11. The van der Waals surface area contributed by atoms with E-state index in [1.165, 1.54) is 48.6 Å². The van der Waals surface area contributed by atoms with Gasteiger partial charge in [-0.15, -0.1) is 0 Å². The number of nitrogens with zero attached hydrogens (tertiary/aromatic N) is 1. The highest BCUT2D eigenvalue weighted by Gasteiger charge is 2.31. The number of aromatic hydroxyl groups is 1. The highest BCUT2D eigenvalue weighted by atomic mass is 32.2. The number of carboxylic acids is 1. The zero-order valence-electron chi connectivity index (χ0n) is 21.3. The summed E-state index contributed by atoms with van der Waals surface area (Å²) in [4.78, 5) is 69.0. The number of nitrogens with one attached hydrogen (secondary N) is 4. The molecule has 15 heteroatoms. The first kappa shape index (κ1) is 31.1. The average molecular weight is 564 g/mol. The molecule has 10 N–H and O–H groups in total. The molecule has 14 nitrogen and oxygen atoms in total. The maximum Gasteiger partial charge on any atom is 0.326 e. The van der Waals surface area contributed by atoms with E-state index in [2.05, 4.69) is 25.9 Å². The van der Waals surface area contributed by atoms with Crippen LogP contribution in [0.15, 0.2) is 36.8 Å². The van der Waals surface area contributed by atoms with Gasteiger partial charge in [0, 0.05) is 24.7 Å². The lowest BCUT2D eigenvalue weighted by atomic mass is 10.0. The highest BCUT2D eigenvalue weighted by Crippen LogP contribution is 2.12.